The average Bonchev–Trinajstić information content (AvgIpc) is 2.88. The molecule has 0 spiro atoms. The number of hydrogen-bond acceptors (Lipinski definition) is 1. The van der Waals surface area contributed by atoms with Crippen LogP contribution in [0.5, 0.6) is 0 Å². The number of aliphatic hydroxyl groups excluding tert-OH is 1. The Labute approximate surface area is 203 Å². The van der Waals surface area contributed by atoms with E-state index < -0.39 is 13.3 Å². The summed E-state index contributed by atoms with van der Waals surface area (Å²) in [6.07, 6.45) is 13.8. The quantitative estimate of drug-likeness (QED) is 0.158. The summed E-state index contributed by atoms with van der Waals surface area (Å²) >= 11 is -2.93. The van der Waals surface area contributed by atoms with E-state index in [0.717, 1.165) is 18.1 Å². The second-order valence-corrected chi connectivity index (χ2v) is 17.4. The van der Waals surface area contributed by atoms with Crippen molar-refractivity contribution in [1.82, 2.24) is 0 Å². The maximum atomic E-state index is 10.6. The molecule has 0 amide bonds. The minimum atomic E-state index is -2.93. The first-order valence-corrected chi connectivity index (χ1v) is 17.4. The van der Waals surface area contributed by atoms with Gasteiger partial charge in [0.2, 0.25) is 0 Å². The van der Waals surface area contributed by atoms with Crippen molar-refractivity contribution >= 4 is 26.5 Å². The van der Waals surface area contributed by atoms with Gasteiger partial charge in [-0.3, -0.25) is 0 Å². The zero-order valence-electron chi connectivity index (χ0n) is 20.2. The fourth-order valence-corrected chi connectivity index (χ4v) is 14.2. The molecule has 2 heteroatoms. The molecule has 0 heterocycles. The second kappa shape index (κ2) is 14.2. The monoisotopic (exact) mass is 502 g/mol. The summed E-state index contributed by atoms with van der Waals surface area (Å²) in [5.74, 6) is 0. The Morgan fingerprint density at radius 1 is 0.636 bits per heavy atom. The first kappa shape index (κ1) is 25.5. The molecule has 0 bridgehead atoms. The predicted molar refractivity (Wildman–Crippen MR) is 147 cm³/mol. The first-order valence-electron chi connectivity index (χ1n) is 12.8. The summed E-state index contributed by atoms with van der Waals surface area (Å²) in [5, 5.41) is 11.6. The summed E-state index contributed by atoms with van der Waals surface area (Å²) in [7, 11) is 0. The molecule has 0 fully saturated rings. The van der Waals surface area contributed by atoms with Crippen LogP contribution < -0.4 is 13.2 Å². The van der Waals surface area contributed by atoms with E-state index in [1.165, 1.54) is 51.7 Å². The number of allylic oxidation sites excluding steroid dienone is 1. The Morgan fingerprint density at radius 2 is 1.06 bits per heavy atom. The SMILES string of the molecule is CCCCCCCCCC(O)/C=C/[CH2][Ge]([c]1ccccc1)([c]1ccccc1)[c]1ccccc1. The van der Waals surface area contributed by atoms with Crippen molar-refractivity contribution in [1.29, 1.82) is 0 Å². The molecule has 1 nitrogen and oxygen atoms in total. The van der Waals surface area contributed by atoms with Gasteiger partial charge in [-0.1, -0.05) is 6.92 Å². The molecule has 1 unspecified atom stereocenters. The van der Waals surface area contributed by atoms with Crippen LogP contribution in [-0.2, 0) is 0 Å². The van der Waals surface area contributed by atoms with E-state index in [1.807, 2.05) is 0 Å². The third-order valence-electron chi connectivity index (χ3n) is 6.69. The Morgan fingerprint density at radius 3 is 1.52 bits per heavy atom. The Kier molecular flexibility index (Phi) is 11.0. The van der Waals surface area contributed by atoms with Crippen LogP contribution in [0.1, 0.15) is 58.3 Å². The molecular formula is C31H40GeO. The number of hydrogen-bond donors (Lipinski definition) is 1. The molecule has 174 valence electrons. The minimum absolute atomic E-state index is 0.344. The molecule has 0 saturated carbocycles. The number of benzene rings is 3. The van der Waals surface area contributed by atoms with E-state index in [1.54, 1.807) is 0 Å². The Bertz CT molecular complexity index is 824. The van der Waals surface area contributed by atoms with E-state index in [-0.39, 0.29) is 6.10 Å². The molecule has 0 radical (unpaired) electrons. The van der Waals surface area contributed by atoms with Gasteiger partial charge in [-0.05, 0) is 0 Å². The van der Waals surface area contributed by atoms with Gasteiger partial charge in [-0.15, -0.1) is 0 Å². The van der Waals surface area contributed by atoms with Gasteiger partial charge in [0, 0.05) is 0 Å². The topological polar surface area (TPSA) is 20.2 Å². The second-order valence-electron chi connectivity index (χ2n) is 9.11. The van der Waals surface area contributed by atoms with Crippen molar-refractivity contribution in [3.05, 3.63) is 103 Å². The van der Waals surface area contributed by atoms with Crippen molar-refractivity contribution < 1.29 is 5.11 Å². The zero-order valence-corrected chi connectivity index (χ0v) is 22.3. The van der Waals surface area contributed by atoms with Crippen molar-refractivity contribution in [3.8, 4) is 0 Å². The van der Waals surface area contributed by atoms with Crippen molar-refractivity contribution in [2.24, 2.45) is 0 Å². The van der Waals surface area contributed by atoms with Crippen LogP contribution in [0.15, 0.2) is 103 Å². The fraction of sp³-hybridized carbons (Fsp3) is 0.355. The number of rotatable bonds is 14. The van der Waals surface area contributed by atoms with Gasteiger partial charge in [-0.25, -0.2) is 0 Å². The van der Waals surface area contributed by atoms with E-state index >= 15 is 0 Å². The predicted octanol–water partition coefficient (Wildman–Crippen LogP) is 6.21. The first-order chi connectivity index (χ1) is 16.3. The molecule has 1 N–H and O–H groups in total. The van der Waals surface area contributed by atoms with Gasteiger partial charge in [0.1, 0.15) is 0 Å². The molecule has 0 aromatic heterocycles. The van der Waals surface area contributed by atoms with E-state index in [9.17, 15) is 5.11 Å². The van der Waals surface area contributed by atoms with Crippen LogP contribution in [0.4, 0.5) is 0 Å². The molecule has 0 saturated heterocycles. The molecule has 1 atom stereocenters. The molecular weight excluding hydrogens is 461 g/mol. The van der Waals surface area contributed by atoms with E-state index in [4.69, 9.17) is 0 Å². The molecule has 0 aliphatic heterocycles. The molecule has 0 aliphatic carbocycles. The summed E-state index contributed by atoms with van der Waals surface area (Å²) in [5.41, 5.74) is 0. The summed E-state index contributed by atoms with van der Waals surface area (Å²) in [6.45, 7) is 2.26. The third kappa shape index (κ3) is 7.45. The standard InChI is InChI=1S/C31H40GeO/c1-2-3-4-5-6-7-17-25-31(33)26-18-27-32(28-19-11-8-12-20-28,29-21-13-9-14-22-29)30-23-15-10-16-24-30/h8-16,18-24,26,31,33H,2-7,17,25,27H2,1H3/b26-18+. The zero-order chi connectivity index (χ0) is 23.2. The number of unbranched alkanes of at least 4 members (excludes halogenated alkanes) is 6. The van der Waals surface area contributed by atoms with Gasteiger partial charge in [0.15, 0.2) is 0 Å². The maximum absolute atomic E-state index is 10.6. The molecule has 0 aliphatic rings. The Balaban J connectivity index is 1.76. The van der Waals surface area contributed by atoms with Crippen LogP contribution in [-0.4, -0.2) is 24.5 Å². The normalized spacial score (nSPS) is 12.8. The summed E-state index contributed by atoms with van der Waals surface area (Å²) in [4.78, 5) is 0. The van der Waals surface area contributed by atoms with Gasteiger partial charge in [0.05, 0.1) is 0 Å². The van der Waals surface area contributed by atoms with Crippen LogP contribution in [0.2, 0.25) is 5.25 Å². The summed E-state index contributed by atoms with van der Waals surface area (Å²) < 4.78 is 4.38. The van der Waals surface area contributed by atoms with Crippen LogP contribution in [0.3, 0.4) is 0 Å². The van der Waals surface area contributed by atoms with Crippen LogP contribution in [0.25, 0.3) is 0 Å². The van der Waals surface area contributed by atoms with Crippen molar-refractivity contribution in [3.63, 3.8) is 0 Å². The van der Waals surface area contributed by atoms with E-state index in [0.29, 0.717) is 0 Å². The Hall–Kier alpha value is -2.10. The fourth-order valence-electron chi connectivity index (χ4n) is 4.83. The van der Waals surface area contributed by atoms with Gasteiger partial charge in [0.25, 0.3) is 0 Å². The summed E-state index contributed by atoms with van der Waals surface area (Å²) in [6, 6.07) is 33.2. The van der Waals surface area contributed by atoms with Crippen LogP contribution in [0, 0.1) is 0 Å². The van der Waals surface area contributed by atoms with Gasteiger partial charge < -0.3 is 0 Å². The molecule has 3 aromatic carbocycles. The van der Waals surface area contributed by atoms with Crippen LogP contribution >= 0.6 is 0 Å². The average molecular weight is 501 g/mol. The third-order valence-corrected chi connectivity index (χ3v) is 16.8. The number of aliphatic hydroxyl groups is 1. The van der Waals surface area contributed by atoms with Gasteiger partial charge in [-0.2, -0.15) is 0 Å². The van der Waals surface area contributed by atoms with Crippen molar-refractivity contribution in [2.45, 2.75) is 69.6 Å². The molecule has 3 aromatic rings. The van der Waals surface area contributed by atoms with Crippen molar-refractivity contribution in [2.75, 3.05) is 0 Å². The van der Waals surface area contributed by atoms with E-state index in [2.05, 4.69) is 110 Å². The molecule has 33 heavy (non-hydrogen) atoms. The molecule has 3 rings (SSSR count). The van der Waals surface area contributed by atoms with Gasteiger partial charge >= 0.3 is 197 Å².